The maximum Gasteiger partial charge on any atom is 0.237 e. The molecule has 4 rings (SSSR count). The van der Waals surface area contributed by atoms with Gasteiger partial charge in [0.05, 0.1) is 6.54 Å². The van der Waals surface area contributed by atoms with Crippen molar-refractivity contribution in [3.8, 4) is 0 Å². The van der Waals surface area contributed by atoms with Crippen molar-refractivity contribution in [2.45, 2.75) is 19.9 Å². The number of anilines is 1. The molecule has 0 atom stereocenters. The van der Waals surface area contributed by atoms with Gasteiger partial charge < -0.3 is 9.80 Å². The highest BCUT2D eigenvalue weighted by Gasteiger charge is 2.25. The molecular weight excluding hydrogens is 358 g/mol. The molecule has 2 aliphatic heterocycles. The monoisotopic (exact) mass is 383 g/mol. The summed E-state index contributed by atoms with van der Waals surface area (Å²) in [5.41, 5.74) is 3.21. The van der Waals surface area contributed by atoms with Crippen molar-refractivity contribution in [3.05, 3.63) is 51.7 Å². The quantitative estimate of drug-likeness (QED) is 0.762. The Bertz CT molecular complexity index is 822. The van der Waals surface area contributed by atoms with Gasteiger partial charge in [0, 0.05) is 55.4 Å². The molecule has 27 heavy (non-hydrogen) atoms. The zero-order valence-electron chi connectivity index (χ0n) is 15.7. The Hall–Kier alpha value is -2.18. The van der Waals surface area contributed by atoms with Crippen LogP contribution in [0.4, 0.5) is 5.69 Å². The summed E-state index contributed by atoms with van der Waals surface area (Å²) >= 11 is 1.80. The molecular formula is C21H25N3O2S. The lowest BCUT2D eigenvalue weighted by atomic mass is 10.1. The highest BCUT2D eigenvalue weighted by Crippen LogP contribution is 2.24. The normalized spacial score (nSPS) is 17.7. The van der Waals surface area contributed by atoms with Gasteiger partial charge in [-0.15, -0.1) is 11.3 Å². The smallest absolute Gasteiger partial charge is 0.237 e. The lowest BCUT2D eigenvalue weighted by Crippen LogP contribution is -2.50. The maximum atomic E-state index is 12.7. The average molecular weight is 384 g/mol. The van der Waals surface area contributed by atoms with Crippen molar-refractivity contribution in [1.29, 1.82) is 0 Å². The van der Waals surface area contributed by atoms with Crippen LogP contribution in [-0.4, -0.2) is 60.8 Å². The molecule has 0 bridgehead atoms. The van der Waals surface area contributed by atoms with E-state index < -0.39 is 0 Å². The summed E-state index contributed by atoms with van der Waals surface area (Å²) in [5, 5.41) is 2.13. The Morgan fingerprint density at radius 1 is 1.00 bits per heavy atom. The summed E-state index contributed by atoms with van der Waals surface area (Å²) in [6, 6.07) is 9.97. The van der Waals surface area contributed by atoms with E-state index in [2.05, 4.69) is 21.2 Å². The number of thiophene rings is 1. The van der Waals surface area contributed by atoms with Crippen molar-refractivity contribution in [3.63, 3.8) is 0 Å². The number of hydrogen-bond acceptors (Lipinski definition) is 5. The molecule has 2 aliphatic rings. The Morgan fingerprint density at radius 3 is 2.44 bits per heavy atom. The van der Waals surface area contributed by atoms with Gasteiger partial charge in [0.25, 0.3) is 0 Å². The van der Waals surface area contributed by atoms with Gasteiger partial charge in [-0.25, -0.2) is 0 Å². The second kappa shape index (κ2) is 7.82. The number of fused-ring (bicyclic) bond motifs is 1. The predicted molar refractivity (Wildman–Crippen MR) is 109 cm³/mol. The van der Waals surface area contributed by atoms with Gasteiger partial charge >= 0.3 is 0 Å². The fourth-order valence-electron chi connectivity index (χ4n) is 3.82. The maximum absolute atomic E-state index is 12.7. The van der Waals surface area contributed by atoms with Crippen LogP contribution in [0.1, 0.15) is 27.7 Å². The van der Waals surface area contributed by atoms with Crippen LogP contribution in [0.2, 0.25) is 0 Å². The van der Waals surface area contributed by atoms with Gasteiger partial charge in [0.15, 0.2) is 5.78 Å². The van der Waals surface area contributed by atoms with E-state index >= 15 is 0 Å². The molecule has 2 aromatic rings. The van der Waals surface area contributed by atoms with Crippen molar-refractivity contribution >= 4 is 28.7 Å². The first-order valence-electron chi connectivity index (χ1n) is 9.51. The molecule has 1 fully saturated rings. The van der Waals surface area contributed by atoms with Gasteiger partial charge in [0.1, 0.15) is 0 Å². The third-order valence-corrected chi connectivity index (χ3v) is 6.55. The van der Waals surface area contributed by atoms with Gasteiger partial charge in [0.2, 0.25) is 5.91 Å². The van der Waals surface area contributed by atoms with E-state index in [4.69, 9.17) is 0 Å². The zero-order valence-corrected chi connectivity index (χ0v) is 16.5. The third-order valence-electron chi connectivity index (χ3n) is 5.53. The van der Waals surface area contributed by atoms with Crippen LogP contribution in [0.3, 0.4) is 0 Å². The summed E-state index contributed by atoms with van der Waals surface area (Å²) < 4.78 is 0. The van der Waals surface area contributed by atoms with Gasteiger partial charge in [-0.3, -0.25) is 14.5 Å². The minimum absolute atomic E-state index is 0.0946. The average Bonchev–Trinajstić information content (AvgIpc) is 3.16. The summed E-state index contributed by atoms with van der Waals surface area (Å²) in [6.45, 7) is 7.29. The predicted octanol–water partition coefficient (Wildman–Crippen LogP) is 2.66. The van der Waals surface area contributed by atoms with Gasteiger partial charge in [-0.05, 0) is 54.6 Å². The van der Waals surface area contributed by atoms with Crippen LogP contribution in [0.5, 0.6) is 0 Å². The first-order chi connectivity index (χ1) is 13.1. The molecule has 1 aromatic carbocycles. The second-order valence-corrected chi connectivity index (χ2v) is 8.30. The Morgan fingerprint density at radius 2 is 1.74 bits per heavy atom. The van der Waals surface area contributed by atoms with Crippen LogP contribution in [-0.2, 0) is 17.8 Å². The fourth-order valence-corrected chi connectivity index (χ4v) is 4.71. The topological polar surface area (TPSA) is 43.9 Å². The summed E-state index contributed by atoms with van der Waals surface area (Å²) in [5.74, 6) is 0.336. The summed E-state index contributed by atoms with van der Waals surface area (Å²) in [6.07, 6.45) is 0.989. The van der Waals surface area contributed by atoms with E-state index in [1.165, 1.54) is 10.4 Å². The van der Waals surface area contributed by atoms with E-state index in [1.54, 1.807) is 18.3 Å². The van der Waals surface area contributed by atoms with Crippen LogP contribution < -0.4 is 4.90 Å². The number of carbonyl (C=O) groups is 2. The van der Waals surface area contributed by atoms with Crippen LogP contribution in [0.15, 0.2) is 35.7 Å². The van der Waals surface area contributed by atoms with E-state index in [0.717, 1.165) is 56.9 Å². The molecule has 0 radical (unpaired) electrons. The SMILES string of the molecule is CC(=O)c1ccc(N2CCN(CC(=O)N3CCc4sccc4C3)CC2)cc1. The fraction of sp³-hybridized carbons (Fsp3) is 0.429. The molecule has 5 nitrogen and oxygen atoms in total. The Labute approximate surface area is 164 Å². The summed E-state index contributed by atoms with van der Waals surface area (Å²) in [7, 11) is 0. The Kier molecular flexibility index (Phi) is 5.27. The minimum Gasteiger partial charge on any atom is -0.369 e. The highest BCUT2D eigenvalue weighted by atomic mass is 32.1. The van der Waals surface area contributed by atoms with Crippen LogP contribution in [0.25, 0.3) is 0 Å². The number of nitrogens with zero attached hydrogens (tertiary/aromatic N) is 3. The van der Waals surface area contributed by atoms with Gasteiger partial charge in [-0.1, -0.05) is 0 Å². The van der Waals surface area contributed by atoms with Gasteiger partial charge in [-0.2, -0.15) is 0 Å². The molecule has 1 aromatic heterocycles. The lowest BCUT2D eigenvalue weighted by molar-refractivity contribution is -0.133. The number of rotatable bonds is 4. The molecule has 1 amide bonds. The van der Waals surface area contributed by atoms with E-state index in [9.17, 15) is 9.59 Å². The standard InChI is InChI=1S/C21H25N3O2S/c1-16(25)17-2-4-19(5-3-17)23-11-9-22(10-12-23)15-21(26)24-8-6-20-18(14-24)7-13-27-20/h2-5,7,13H,6,8-12,14-15H2,1H3. The van der Waals surface area contributed by atoms with Crippen molar-refractivity contribution in [2.24, 2.45) is 0 Å². The number of benzene rings is 1. The van der Waals surface area contributed by atoms with Crippen LogP contribution >= 0.6 is 11.3 Å². The van der Waals surface area contributed by atoms with E-state index in [-0.39, 0.29) is 11.7 Å². The first-order valence-corrected chi connectivity index (χ1v) is 10.4. The third kappa shape index (κ3) is 4.06. The second-order valence-electron chi connectivity index (χ2n) is 7.30. The molecule has 0 aliphatic carbocycles. The first kappa shape index (κ1) is 18.2. The molecule has 0 saturated carbocycles. The highest BCUT2D eigenvalue weighted by molar-refractivity contribution is 7.10. The number of piperazine rings is 1. The molecule has 3 heterocycles. The lowest BCUT2D eigenvalue weighted by Gasteiger charge is -2.37. The number of amides is 1. The molecule has 0 N–H and O–H groups in total. The van der Waals surface area contributed by atoms with Crippen LogP contribution in [0, 0.1) is 0 Å². The number of carbonyl (C=O) groups excluding carboxylic acids is 2. The molecule has 0 unspecified atom stereocenters. The summed E-state index contributed by atoms with van der Waals surface area (Å²) in [4.78, 5) is 32.1. The minimum atomic E-state index is 0.0946. The van der Waals surface area contributed by atoms with Crippen molar-refractivity contribution in [2.75, 3.05) is 44.2 Å². The van der Waals surface area contributed by atoms with Crippen molar-refractivity contribution < 1.29 is 9.59 Å². The molecule has 6 heteroatoms. The van der Waals surface area contributed by atoms with E-state index in [0.29, 0.717) is 6.54 Å². The van der Waals surface area contributed by atoms with Crippen molar-refractivity contribution in [1.82, 2.24) is 9.80 Å². The molecule has 142 valence electrons. The molecule has 0 spiro atoms. The Balaban J connectivity index is 1.28. The number of ketones is 1. The zero-order chi connectivity index (χ0) is 18.8. The number of Topliss-reactive ketones (excluding diaryl/α,β-unsaturated/α-hetero) is 1. The number of hydrogen-bond donors (Lipinski definition) is 0. The molecule has 1 saturated heterocycles. The van der Waals surface area contributed by atoms with E-state index in [1.807, 2.05) is 29.2 Å². The largest absolute Gasteiger partial charge is 0.369 e.